The van der Waals surface area contributed by atoms with Gasteiger partial charge in [-0.1, -0.05) is 17.7 Å². The van der Waals surface area contributed by atoms with E-state index in [2.05, 4.69) is 10.3 Å². The van der Waals surface area contributed by atoms with E-state index in [0.717, 1.165) is 18.9 Å². The predicted octanol–water partition coefficient (Wildman–Crippen LogP) is 1.65. The number of amidine groups is 1. The maximum atomic E-state index is 13.9. The number of hydrogen-bond donors (Lipinski definition) is 3. The standard InChI is InChI=1S/C26H28ClFN6O5S/c1-39-25(37)19-17(11-32-7-8-33-18(21(32)24(35)36)12-34(26(33)38)14-3-4-14)30-22(23-29-6-9-40-23)31-20(19)15-5-2-13(28)10-16(15)27/h2,5-6,9-10,14,18,20-21,26,38H,3-4,7-8,11-12H2,1H3,(H,30,31)(H,35,36)/t18?,20-,21-,26?/m0/s1. The number of piperazine rings is 1. The van der Waals surface area contributed by atoms with E-state index in [0.29, 0.717) is 41.7 Å². The van der Waals surface area contributed by atoms with Gasteiger partial charge in [-0.05, 0) is 25.0 Å². The molecule has 2 aromatic rings. The third-order valence-electron chi connectivity index (χ3n) is 7.87. The number of aromatic nitrogens is 1. The molecule has 11 nitrogen and oxygen atoms in total. The number of carbonyl (C=O) groups is 2. The Kier molecular flexibility index (Phi) is 7.36. The summed E-state index contributed by atoms with van der Waals surface area (Å²) < 4.78 is 19.1. The van der Waals surface area contributed by atoms with Gasteiger partial charge in [0.15, 0.2) is 17.2 Å². The fraction of sp³-hybridized carbons (Fsp3) is 0.462. The first kappa shape index (κ1) is 27.2. The molecular formula is C26H28ClFN6O5S. The van der Waals surface area contributed by atoms with E-state index in [1.54, 1.807) is 16.5 Å². The number of aliphatic imine (C=N–C) groups is 1. The van der Waals surface area contributed by atoms with Crippen molar-refractivity contribution in [3.8, 4) is 0 Å². The van der Waals surface area contributed by atoms with Crippen LogP contribution in [-0.4, -0.2) is 105 Å². The van der Waals surface area contributed by atoms with Gasteiger partial charge in [0, 0.05) is 60.1 Å². The molecule has 1 aliphatic carbocycles. The highest BCUT2D eigenvalue weighted by molar-refractivity contribution is 7.11. The van der Waals surface area contributed by atoms with Crippen LogP contribution in [-0.2, 0) is 14.3 Å². The number of carboxylic acid groups (broad SMARTS) is 1. The van der Waals surface area contributed by atoms with E-state index in [4.69, 9.17) is 21.3 Å². The zero-order chi connectivity index (χ0) is 28.1. The molecule has 4 aliphatic rings. The minimum absolute atomic E-state index is 0.0605. The molecule has 40 heavy (non-hydrogen) atoms. The van der Waals surface area contributed by atoms with Crippen LogP contribution in [0.15, 0.2) is 46.0 Å². The Labute approximate surface area is 238 Å². The average molecular weight is 591 g/mol. The SMILES string of the molecule is COC(=O)C1=C(CN2CCN3C(CN(C4CC4)C3O)[C@H]2C(=O)O)NC(c2nccs2)=N[C@H]1c1ccc(F)cc1Cl. The van der Waals surface area contributed by atoms with Crippen molar-refractivity contribution in [1.82, 2.24) is 25.0 Å². The lowest BCUT2D eigenvalue weighted by Gasteiger charge is -2.43. The van der Waals surface area contributed by atoms with Crippen molar-refractivity contribution in [1.29, 1.82) is 0 Å². The van der Waals surface area contributed by atoms with Crippen molar-refractivity contribution in [3.63, 3.8) is 0 Å². The highest BCUT2D eigenvalue weighted by Crippen LogP contribution is 2.39. The minimum Gasteiger partial charge on any atom is -0.480 e. The van der Waals surface area contributed by atoms with Crippen LogP contribution in [0.5, 0.6) is 0 Å². The van der Waals surface area contributed by atoms with Crippen LogP contribution in [0, 0.1) is 5.82 Å². The Balaban J connectivity index is 1.39. The Bertz CT molecular complexity index is 1390. The molecule has 2 saturated heterocycles. The van der Waals surface area contributed by atoms with Crippen LogP contribution in [0.3, 0.4) is 0 Å². The van der Waals surface area contributed by atoms with E-state index in [1.165, 1.54) is 30.6 Å². The minimum atomic E-state index is -1.01. The molecule has 4 heterocycles. The lowest BCUT2D eigenvalue weighted by Crippen LogP contribution is -2.63. The summed E-state index contributed by atoms with van der Waals surface area (Å²) in [5.41, 5.74) is 0.943. The van der Waals surface area contributed by atoms with Crippen LogP contribution >= 0.6 is 22.9 Å². The summed E-state index contributed by atoms with van der Waals surface area (Å²) in [6, 6.07) is 1.84. The number of methoxy groups -OCH3 is 1. The first-order chi connectivity index (χ1) is 19.3. The topological polar surface area (TPSA) is 131 Å². The maximum Gasteiger partial charge on any atom is 0.338 e. The summed E-state index contributed by atoms with van der Waals surface area (Å²) in [5.74, 6) is -1.83. The number of aliphatic hydroxyl groups is 1. The number of thiazole rings is 1. The number of nitrogens with one attached hydrogen (secondary N) is 1. The third-order valence-corrected chi connectivity index (χ3v) is 8.98. The summed E-state index contributed by atoms with van der Waals surface area (Å²) in [4.78, 5) is 40.6. The molecule has 212 valence electrons. The van der Waals surface area contributed by atoms with E-state index < -0.39 is 42.2 Å². The molecule has 1 aromatic heterocycles. The first-order valence-electron chi connectivity index (χ1n) is 12.9. The number of ether oxygens (including phenoxy) is 1. The number of halogens is 2. The molecule has 1 aromatic carbocycles. The number of fused-ring (bicyclic) bond motifs is 1. The molecule has 2 unspecified atom stereocenters. The zero-order valence-corrected chi connectivity index (χ0v) is 23.1. The molecule has 3 fully saturated rings. The van der Waals surface area contributed by atoms with Crippen molar-refractivity contribution < 1.29 is 28.9 Å². The monoisotopic (exact) mass is 590 g/mol. The number of aliphatic hydroxyl groups excluding tert-OH is 1. The number of rotatable bonds is 7. The average Bonchev–Trinajstić information content (AvgIpc) is 3.50. The van der Waals surface area contributed by atoms with E-state index in [-0.39, 0.29) is 23.2 Å². The lowest BCUT2D eigenvalue weighted by molar-refractivity contribution is -0.151. The van der Waals surface area contributed by atoms with Gasteiger partial charge < -0.3 is 20.3 Å². The molecule has 14 heteroatoms. The second kappa shape index (κ2) is 10.8. The second-order valence-corrected chi connectivity index (χ2v) is 11.5. The summed E-state index contributed by atoms with van der Waals surface area (Å²) in [6.45, 7) is 1.30. The fourth-order valence-corrected chi connectivity index (χ4v) is 6.74. The maximum absolute atomic E-state index is 13.9. The van der Waals surface area contributed by atoms with Gasteiger partial charge in [-0.25, -0.2) is 14.2 Å². The van der Waals surface area contributed by atoms with Gasteiger partial charge in [0.05, 0.1) is 18.7 Å². The fourth-order valence-electron chi connectivity index (χ4n) is 5.88. The second-order valence-electron chi connectivity index (χ2n) is 10.2. The van der Waals surface area contributed by atoms with Crippen LogP contribution in [0.1, 0.15) is 29.5 Å². The first-order valence-corrected chi connectivity index (χ1v) is 14.2. The number of carbonyl (C=O) groups excluding carboxylic acids is 1. The number of aliphatic carboxylic acids is 1. The molecule has 0 radical (unpaired) electrons. The molecule has 6 rings (SSSR count). The van der Waals surface area contributed by atoms with Gasteiger partial charge in [-0.3, -0.25) is 24.5 Å². The Morgan fingerprint density at radius 2 is 2.08 bits per heavy atom. The zero-order valence-electron chi connectivity index (χ0n) is 21.5. The summed E-state index contributed by atoms with van der Waals surface area (Å²) in [5, 5.41) is 26.9. The van der Waals surface area contributed by atoms with Crippen molar-refractivity contribution in [3.05, 3.63) is 62.5 Å². The molecule has 4 atom stereocenters. The molecule has 0 spiro atoms. The van der Waals surface area contributed by atoms with Crippen LogP contribution < -0.4 is 5.32 Å². The van der Waals surface area contributed by atoms with Gasteiger partial charge >= 0.3 is 11.9 Å². The summed E-state index contributed by atoms with van der Waals surface area (Å²) in [6.07, 6.45) is 2.79. The third kappa shape index (κ3) is 4.91. The van der Waals surface area contributed by atoms with E-state index in [1.807, 2.05) is 9.80 Å². The predicted molar refractivity (Wildman–Crippen MR) is 144 cm³/mol. The largest absolute Gasteiger partial charge is 0.480 e. The Morgan fingerprint density at radius 3 is 2.73 bits per heavy atom. The molecule has 0 amide bonds. The van der Waals surface area contributed by atoms with Gasteiger partial charge in [0.1, 0.15) is 17.9 Å². The molecular weight excluding hydrogens is 563 g/mol. The van der Waals surface area contributed by atoms with Gasteiger partial charge in [-0.15, -0.1) is 11.3 Å². The van der Waals surface area contributed by atoms with Gasteiger partial charge in [0.2, 0.25) is 0 Å². The van der Waals surface area contributed by atoms with Crippen molar-refractivity contribution in [2.75, 3.05) is 33.3 Å². The smallest absolute Gasteiger partial charge is 0.338 e. The summed E-state index contributed by atoms with van der Waals surface area (Å²) >= 11 is 7.77. The Morgan fingerprint density at radius 1 is 1.27 bits per heavy atom. The number of benzene rings is 1. The quantitative estimate of drug-likeness (QED) is 0.409. The van der Waals surface area contributed by atoms with Crippen molar-refractivity contribution in [2.45, 2.75) is 43.4 Å². The van der Waals surface area contributed by atoms with Crippen LogP contribution in [0.4, 0.5) is 4.39 Å². The summed E-state index contributed by atoms with van der Waals surface area (Å²) in [7, 11) is 1.25. The highest BCUT2D eigenvalue weighted by atomic mass is 35.5. The normalized spacial score (nSPS) is 27.8. The highest BCUT2D eigenvalue weighted by Gasteiger charge is 2.53. The lowest BCUT2D eigenvalue weighted by atomic mass is 9.94. The molecule has 1 saturated carbocycles. The molecule has 3 aliphatic heterocycles. The number of esters is 1. The van der Waals surface area contributed by atoms with Crippen LogP contribution in [0.25, 0.3) is 0 Å². The van der Waals surface area contributed by atoms with Gasteiger partial charge in [-0.2, -0.15) is 0 Å². The number of nitrogens with zero attached hydrogens (tertiary/aromatic N) is 5. The molecule has 3 N–H and O–H groups in total. The van der Waals surface area contributed by atoms with Gasteiger partial charge in [0.25, 0.3) is 0 Å². The van der Waals surface area contributed by atoms with E-state index >= 15 is 0 Å². The Hall–Kier alpha value is -2.94. The number of hydrogen-bond acceptors (Lipinski definition) is 11. The van der Waals surface area contributed by atoms with Crippen LogP contribution in [0.2, 0.25) is 5.02 Å². The van der Waals surface area contributed by atoms with Crippen molar-refractivity contribution >= 4 is 40.7 Å². The van der Waals surface area contributed by atoms with Crippen molar-refractivity contribution in [2.24, 2.45) is 4.99 Å². The number of carboxylic acids is 1. The van der Waals surface area contributed by atoms with E-state index in [9.17, 15) is 24.2 Å². The molecule has 0 bridgehead atoms.